The predicted molar refractivity (Wildman–Crippen MR) is 89.5 cm³/mol. The van der Waals surface area contributed by atoms with E-state index in [2.05, 4.69) is 5.32 Å². The van der Waals surface area contributed by atoms with Gasteiger partial charge in [0.25, 0.3) is 5.91 Å². The van der Waals surface area contributed by atoms with Crippen LogP contribution in [0, 0.1) is 5.92 Å². The van der Waals surface area contributed by atoms with E-state index in [1.165, 1.54) is 4.90 Å². The molecule has 0 saturated carbocycles. The molecule has 0 saturated heterocycles. The number of nitrogens with zero attached hydrogens (tertiary/aromatic N) is 1. The molecule has 2 aliphatic rings. The molecule has 1 aliphatic carbocycles. The molecule has 1 aliphatic heterocycles. The molecule has 6 nitrogen and oxygen atoms in total. The van der Waals surface area contributed by atoms with E-state index in [9.17, 15) is 14.4 Å². The number of fused-ring (bicyclic) bond motifs is 1. The van der Waals surface area contributed by atoms with Crippen molar-refractivity contribution in [1.82, 2.24) is 0 Å². The molecular weight excluding hydrogens is 308 g/mol. The Kier molecular flexibility index (Phi) is 4.64. The maximum atomic E-state index is 12.7. The van der Waals surface area contributed by atoms with Gasteiger partial charge >= 0.3 is 5.97 Å². The van der Waals surface area contributed by atoms with Crippen molar-refractivity contribution in [3.63, 3.8) is 0 Å². The van der Waals surface area contributed by atoms with Gasteiger partial charge in [0.15, 0.2) is 6.10 Å². The lowest BCUT2D eigenvalue weighted by molar-refractivity contribution is -0.158. The van der Waals surface area contributed by atoms with Gasteiger partial charge in [-0.25, -0.2) is 0 Å². The van der Waals surface area contributed by atoms with Gasteiger partial charge in [0.2, 0.25) is 5.91 Å². The van der Waals surface area contributed by atoms with Crippen molar-refractivity contribution < 1.29 is 19.1 Å². The molecule has 3 rings (SSSR count). The maximum absolute atomic E-state index is 12.7. The van der Waals surface area contributed by atoms with E-state index in [1.54, 1.807) is 31.2 Å². The van der Waals surface area contributed by atoms with Gasteiger partial charge in [-0.1, -0.05) is 24.3 Å². The van der Waals surface area contributed by atoms with E-state index in [0.29, 0.717) is 17.8 Å². The van der Waals surface area contributed by atoms with Crippen molar-refractivity contribution in [3.05, 3.63) is 36.4 Å². The summed E-state index contributed by atoms with van der Waals surface area (Å²) >= 11 is 0. The number of anilines is 2. The number of hydrogen-bond acceptors (Lipinski definition) is 4. The molecule has 24 heavy (non-hydrogen) atoms. The Bertz CT molecular complexity index is 698. The molecule has 2 atom stereocenters. The van der Waals surface area contributed by atoms with Crippen LogP contribution in [0.25, 0.3) is 0 Å². The lowest BCUT2D eigenvalue weighted by atomic mass is 9.95. The number of benzene rings is 1. The standard InChI is InChI=1S/C18H20N2O4/c1-12(24-18(23)13-7-3-2-4-8-13)17(22)20-11-16(21)19-14-9-5-6-10-15(14)20/h2-3,5-6,9-10,12-13H,4,7-8,11H2,1H3,(H,19,21)/t12-,13+/m0/s1. The van der Waals surface area contributed by atoms with Crippen LogP contribution in [-0.4, -0.2) is 30.4 Å². The van der Waals surface area contributed by atoms with Crippen molar-refractivity contribution in [3.8, 4) is 0 Å². The highest BCUT2D eigenvalue weighted by Gasteiger charge is 2.32. The van der Waals surface area contributed by atoms with Crippen LogP contribution in [0.1, 0.15) is 26.2 Å². The van der Waals surface area contributed by atoms with E-state index < -0.39 is 12.0 Å². The summed E-state index contributed by atoms with van der Waals surface area (Å²) in [7, 11) is 0. The summed E-state index contributed by atoms with van der Waals surface area (Å²) in [5.41, 5.74) is 1.20. The van der Waals surface area contributed by atoms with Crippen LogP contribution in [0.2, 0.25) is 0 Å². The van der Waals surface area contributed by atoms with Crippen LogP contribution in [0.4, 0.5) is 11.4 Å². The second-order valence-electron chi connectivity index (χ2n) is 6.05. The second-order valence-corrected chi connectivity index (χ2v) is 6.05. The summed E-state index contributed by atoms with van der Waals surface area (Å²) in [6, 6.07) is 7.07. The molecule has 0 bridgehead atoms. The first-order valence-electron chi connectivity index (χ1n) is 8.12. The fraction of sp³-hybridized carbons (Fsp3) is 0.389. The number of hydrogen-bond donors (Lipinski definition) is 1. The number of allylic oxidation sites excluding steroid dienone is 2. The lowest BCUT2D eigenvalue weighted by Crippen LogP contribution is -2.47. The number of para-hydroxylation sites is 2. The summed E-state index contributed by atoms with van der Waals surface area (Å²) in [4.78, 5) is 38.1. The van der Waals surface area contributed by atoms with Crippen molar-refractivity contribution in [2.45, 2.75) is 32.3 Å². The van der Waals surface area contributed by atoms with Gasteiger partial charge in [0, 0.05) is 0 Å². The van der Waals surface area contributed by atoms with Crippen molar-refractivity contribution in [1.29, 1.82) is 0 Å². The summed E-state index contributed by atoms with van der Waals surface area (Å²) in [5.74, 6) is -1.20. The second kappa shape index (κ2) is 6.86. The van der Waals surface area contributed by atoms with Crippen molar-refractivity contribution in [2.24, 2.45) is 5.92 Å². The summed E-state index contributed by atoms with van der Waals surface area (Å²) in [5, 5.41) is 2.73. The molecule has 2 amide bonds. The normalized spacial score (nSPS) is 20.8. The van der Waals surface area contributed by atoms with E-state index in [1.807, 2.05) is 12.2 Å². The Morgan fingerprint density at radius 2 is 2.08 bits per heavy atom. The topological polar surface area (TPSA) is 75.7 Å². The highest BCUT2D eigenvalue weighted by Crippen LogP contribution is 2.29. The highest BCUT2D eigenvalue weighted by molar-refractivity contribution is 6.11. The van der Waals surface area contributed by atoms with E-state index >= 15 is 0 Å². The number of nitrogens with one attached hydrogen (secondary N) is 1. The molecule has 126 valence electrons. The summed E-state index contributed by atoms with van der Waals surface area (Å²) < 4.78 is 5.36. The highest BCUT2D eigenvalue weighted by atomic mass is 16.5. The smallest absolute Gasteiger partial charge is 0.310 e. The molecule has 0 aromatic heterocycles. The quantitative estimate of drug-likeness (QED) is 0.682. The fourth-order valence-corrected chi connectivity index (χ4v) is 2.98. The van der Waals surface area contributed by atoms with Gasteiger partial charge in [-0.15, -0.1) is 0 Å². The number of amides is 2. The average Bonchev–Trinajstić information content (AvgIpc) is 2.61. The summed E-state index contributed by atoms with van der Waals surface area (Å²) in [6.45, 7) is 1.47. The Morgan fingerprint density at radius 1 is 1.29 bits per heavy atom. The third kappa shape index (κ3) is 3.32. The van der Waals surface area contributed by atoms with Crippen LogP contribution < -0.4 is 10.2 Å². The first kappa shape index (κ1) is 16.2. The molecule has 1 heterocycles. The zero-order valence-electron chi connectivity index (χ0n) is 13.5. The summed E-state index contributed by atoms with van der Waals surface area (Å²) in [6.07, 6.45) is 5.32. The number of ether oxygens (including phenoxy) is 1. The van der Waals surface area contributed by atoms with Crippen molar-refractivity contribution >= 4 is 29.2 Å². The van der Waals surface area contributed by atoms with Crippen LogP contribution in [0.5, 0.6) is 0 Å². The van der Waals surface area contributed by atoms with Gasteiger partial charge in [0.05, 0.1) is 17.3 Å². The van der Waals surface area contributed by atoms with Crippen LogP contribution >= 0.6 is 0 Å². The molecular formula is C18H20N2O4. The molecule has 1 aromatic carbocycles. The third-order valence-corrected chi connectivity index (χ3v) is 4.28. The molecule has 0 unspecified atom stereocenters. The molecule has 0 spiro atoms. The van der Waals surface area contributed by atoms with E-state index in [4.69, 9.17) is 4.74 Å². The number of rotatable bonds is 3. The molecule has 0 radical (unpaired) electrons. The van der Waals surface area contributed by atoms with Gasteiger partial charge in [-0.3, -0.25) is 19.3 Å². The minimum absolute atomic E-state index is 0.0795. The Labute approximate surface area is 140 Å². The monoisotopic (exact) mass is 328 g/mol. The fourth-order valence-electron chi connectivity index (χ4n) is 2.98. The average molecular weight is 328 g/mol. The number of esters is 1. The first-order chi connectivity index (χ1) is 11.6. The van der Waals surface area contributed by atoms with Gasteiger partial charge < -0.3 is 10.1 Å². The van der Waals surface area contributed by atoms with Crippen LogP contribution in [-0.2, 0) is 19.1 Å². The third-order valence-electron chi connectivity index (χ3n) is 4.28. The lowest BCUT2D eigenvalue weighted by Gasteiger charge is -2.31. The van der Waals surface area contributed by atoms with Gasteiger partial charge in [-0.05, 0) is 38.3 Å². The minimum Gasteiger partial charge on any atom is -0.452 e. The Hall–Kier alpha value is -2.63. The molecule has 6 heteroatoms. The number of carbonyl (C=O) groups is 3. The van der Waals surface area contributed by atoms with E-state index in [-0.39, 0.29) is 24.3 Å². The van der Waals surface area contributed by atoms with E-state index in [0.717, 1.165) is 12.8 Å². The van der Waals surface area contributed by atoms with Gasteiger partial charge in [0.1, 0.15) is 6.54 Å². The zero-order chi connectivity index (χ0) is 17.1. The Balaban J connectivity index is 1.70. The molecule has 0 fully saturated rings. The maximum Gasteiger partial charge on any atom is 0.310 e. The van der Waals surface area contributed by atoms with Gasteiger partial charge in [-0.2, -0.15) is 0 Å². The van der Waals surface area contributed by atoms with Crippen LogP contribution in [0.3, 0.4) is 0 Å². The van der Waals surface area contributed by atoms with Crippen LogP contribution in [0.15, 0.2) is 36.4 Å². The zero-order valence-corrected chi connectivity index (χ0v) is 13.5. The predicted octanol–water partition coefficient (Wildman–Crippen LogP) is 2.26. The largest absolute Gasteiger partial charge is 0.452 e. The number of carbonyl (C=O) groups excluding carboxylic acids is 3. The minimum atomic E-state index is -0.928. The first-order valence-corrected chi connectivity index (χ1v) is 8.12. The molecule has 1 N–H and O–H groups in total. The SMILES string of the molecule is C[C@H](OC(=O)[C@@H]1CC=CCC1)C(=O)N1CC(=O)Nc2ccccc21. The molecule has 1 aromatic rings. The Morgan fingerprint density at radius 3 is 2.83 bits per heavy atom. The van der Waals surface area contributed by atoms with Crippen molar-refractivity contribution in [2.75, 3.05) is 16.8 Å².